The standard InChI is InChI=1S/C14H8BrF2IN2OS/c1-21-13-9(3-8(16)4-12(13)17)11-6-20(22-18)14-10(11)2-7(15)5-19-14/h2-6H,1H3. The first kappa shape index (κ1) is 16.0. The molecule has 0 N–H and O–H groups in total. The van der Waals surface area contributed by atoms with Gasteiger partial charge in [0.2, 0.25) is 0 Å². The third kappa shape index (κ3) is 2.71. The van der Waals surface area contributed by atoms with Crippen molar-refractivity contribution in [3.8, 4) is 16.9 Å². The number of halogens is 4. The van der Waals surface area contributed by atoms with Crippen molar-refractivity contribution in [3.05, 3.63) is 46.7 Å². The molecule has 0 saturated heterocycles. The Balaban J connectivity index is 2.38. The van der Waals surface area contributed by atoms with E-state index in [-0.39, 0.29) is 5.75 Å². The molecule has 0 bridgehead atoms. The Morgan fingerprint density at radius 2 is 2.05 bits per heavy atom. The summed E-state index contributed by atoms with van der Waals surface area (Å²) in [5.41, 5.74) is 1.72. The first-order chi connectivity index (χ1) is 10.5. The fourth-order valence-electron chi connectivity index (χ4n) is 2.29. The normalized spacial score (nSPS) is 11.1. The number of hydrogen-bond donors (Lipinski definition) is 0. The highest BCUT2D eigenvalue weighted by Gasteiger charge is 2.19. The second-order valence-electron chi connectivity index (χ2n) is 4.43. The maximum absolute atomic E-state index is 14.0. The van der Waals surface area contributed by atoms with Gasteiger partial charge < -0.3 is 4.74 Å². The second-order valence-corrected chi connectivity index (χ2v) is 7.06. The zero-order chi connectivity index (χ0) is 15.9. The summed E-state index contributed by atoms with van der Waals surface area (Å²) in [6.07, 6.45) is 3.47. The molecule has 0 fully saturated rings. The molecule has 0 aliphatic rings. The summed E-state index contributed by atoms with van der Waals surface area (Å²) in [5.74, 6) is -1.37. The Hall–Kier alpha value is -0.870. The van der Waals surface area contributed by atoms with Crippen molar-refractivity contribution < 1.29 is 13.5 Å². The molecule has 0 amide bonds. The van der Waals surface area contributed by atoms with Crippen molar-refractivity contribution in [3.63, 3.8) is 0 Å². The molecule has 8 heteroatoms. The van der Waals surface area contributed by atoms with Gasteiger partial charge in [0, 0.05) is 69.8 Å². The average molecular weight is 497 g/mol. The summed E-state index contributed by atoms with van der Waals surface area (Å²) in [6, 6.07) is 3.94. The highest BCUT2D eigenvalue weighted by molar-refractivity contribution is 14.2. The summed E-state index contributed by atoms with van der Waals surface area (Å²) >= 11 is 5.50. The van der Waals surface area contributed by atoms with Gasteiger partial charge in [-0.25, -0.2) is 13.8 Å². The van der Waals surface area contributed by atoms with Crippen LogP contribution in [-0.4, -0.2) is 16.1 Å². The molecule has 1 aromatic carbocycles. The summed E-state index contributed by atoms with van der Waals surface area (Å²) < 4.78 is 35.4. The van der Waals surface area contributed by atoms with E-state index in [4.69, 9.17) is 4.74 Å². The zero-order valence-corrected chi connectivity index (χ0v) is 15.7. The second kappa shape index (κ2) is 6.32. The van der Waals surface area contributed by atoms with Crippen LogP contribution < -0.4 is 4.74 Å². The molecule has 2 aromatic heterocycles. The molecule has 2 heterocycles. The monoisotopic (exact) mass is 496 g/mol. The van der Waals surface area contributed by atoms with E-state index in [1.165, 1.54) is 22.3 Å². The molecule has 0 unspecified atom stereocenters. The van der Waals surface area contributed by atoms with E-state index in [0.29, 0.717) is 16.8 Å². The molecule has 0 atom stereocenters. The molecule has 0 aliphatic carbocycles. The number of aromatic nitrogens is 2. The van der Waals surface area contributed by atoms with Gasteiger partial charge in [-0.2, -0.15) is 0 Å². The van der Waals surface area contributed by atoms with Gasteiger partial charge in [0.1, 0.15) is 5.82 Å². The van der Waals surface area contributed by atoms with Crippen LogP contribution >= 0.6 is 46.3 Å². The SMILES string of the molecule is COc1c(F)cc(F)cc1-c1cn(SI)c2ncc(Br)cc12. The Bertz CT molecular complexity index is 872. The number of ether oxygens (including phenoxy) is 1. The largest absolute Gasteiger partial charge is 0.493 e. The fraction of sp³-hybridized carbons (Fsp3) is 0.0714. The van der Waals surface area contributed by atoms with Gasteiger partial charge in [-0.15, -0.1) is 0 Å². The van der Waals surface area contributed by atoms with E-state index in [2.05, 4.69) is 42.1 Å². The van der Waals surface area contributed by atoms with Crippen LogP contribution in [0.2, 0.25) is 0 Å². The van der Waals surface area contributed by atoms with Crippen molar-refractivity contribution in [2.24, 2.45) is 0 Å². The van der Waals surface area contributed by atoms with Gasteiger partial charge in [0.25, 0.3) is 0 Å². The maximum Gasteiger partial charge on any atom is 0.168 e. The van der Waals surface area contributed by atoms with Crippen LogP contribution in [0.15, 0.2) is 35.1 Å². The first-order valence-corrected chi connectivity index (χ1v) is 10.1. The topological polar surface area (TPSA) is 27.1 Å². The Kier molecular flexibility index (Phi) is 4.60. The maximum atomic E-state index is 14.0. The van der Waals surface area contributed by atoms with E-state index in [1.807, 2.05) is 10.0 Å². The lowest BCUT2D eigenvalue weighted by Gasteiger charge is -2.09. The van der Waals surface area contributed by atoms with Gasteiger partial charge in [0.05, 0.1) is 7.11 Å². The Morgan fingerprint density at radius 3 is 2.73 bits per heavy atom. The van der Waals surface area contributed by atoms with Crippen LogP contribution in [0, 0.1) is 11.6 Å². The highest BCUT2D eigenvalue weighted by atomic mass is 127. The molecule has 0 saturated carbocycles. The number of benzene rings is 1. The quantitative estimate of drug-likeness (QED) is 0.442. The van der Waals surface area contributed by atoms with E-state index >= 15 is 0 Å². The van der Waals surface area contributed by atoms with Crippen molar-refractivity contribution in [1.82, 2.24) is 8.96 Å². The first-order valence-electron chi connectivity index (χ1n) is 6.04. The summed E-state index contributed by atoms with van der Waals surface area (Å²) in [6.45, 7) is 0. The van der Waals surface area contributed by atoms with E-state index < -0.39 is 11.6 Å². The van der Waals surface area contributed by atoms with Gasteiger partial charge in [0.15, 0.2) is 17.2 Å². The smallest absolute Gasteiger partial charge is 0.168 e. The minimum absolute atomic E-state index is 0.0129. The molecule has 0 radical (unpaired) electrons. The van der Waals surface area contributed by atoms with Gasteiger partial charge >= 0.3 is 0 Å². The Morgan fingerprint density at radius 1 is 1.27 bits per heavy atom. The molecule has 3 nitrogen and oxygen atoms in total. The van der Waals surface area contributed by atoms with Crippen LogP contribution in [0.5, 0.6) is 5.75 Å². The zero-order valence-electron chi connectivity index (χ0n) is 11.1. The van der Waals surface area contributed by atoms with Crippen LogP contribution in [-0.2, 0) is 0 Å². The molecule has 0 spiro atoms. The number of pyridine rings is 1. The molecule has 114 valence electrons. The van der Waals surface area contributed by atoms with Gasteiger partial charge in [-0.1, -0.05) is 0 Å². The lowest BCUT2D eigenvalue weighted by atomic mass is 10.0. The minimum Gasteiger partial charge on any atom is -0.493 e. The van der Waals surface area contributed by atoms with E-state index in [0.717, 1.165) is 15.9 Å². The number of hydrogen-bond acceptors (Lipinski definition) is 3. The van der Waals surface area contributed by atoms with Crippen molar-refractivity contribution in [2.45, 2.75) is 0 Å². The molecule has 3 rings (SSSR count). The Labute approximate surface area is 149 Å². The van der Waals surface area contributed by atoms with Crippen LogP contribution in [0.4, 0.5) is 8.78 Å². The number of fused-ring (bicyclic) bond motifs is 1. The van der Waals surface area contributed by atoms with E-state index in [1.54, 1.807) is 12.4 Å². The number of rotatable bonds is 3. The van der Waals surface area contributed by atoms with Crippen molar-refractivity contribution >= 4 is 57.3 Å². The molecular weight excluding hydrogens is 489 g/mol. The van der Waals surface area contributed by atoms with Crippen molar-refractivity contribution in [2.75, 3.05) is 7.11 Å². The van der Waals surface area contributed by atoms with Crippen LogP contribution in [0.1, 0.15) is 0 Å². The van der Waals surface area contributed by atoms with Crippen LogP contribution in [0.3, 0.4) is 0 Å². The summed E-state index contributed by atoms with van der Waals surface area (Å²) in [4.78, 5) is 4.36. The van der Waals surface area contributed by atoms with Crippen LogP contribution in [0.25, 0.3) is 22.2 Å². The lowest BCUT2D eigenvalue weighted by Crippen LogP contribution is -1.93. The molecule has 22 heavy (non-hydrogen) atoms. The van der Waals surface area contributed by atoms with Gasteiger partial charge in [-0.3, -0.25) is 3.97 Å². The predicted molar refractivity (Wildman–Crippen MR) is 96.3 cm³/mol. The minimum atomic E-state index is -0.733. The number of methoxy groups -OCH3 is 1. The number of nitrogens with zero attached hydrogens (tertiary/aromatic N) is 2. The van der Waals surface area contributed by atoms with Crippen molar-refractivity contribution in [1.29, 1.82) is 0 Å². The molecule has 3 aromatic rings. The lowest BCUT2D eigenvalue weighted by molar-refractivity contribution is 0.386. The van der Waals surface area contributed by atoms with E-state index in [9.17, 15) is 8.78 Å². The summed E-state index contributed by atoms with van der Waals surface area (Å²) in [7, 11) is 2.78. The molecular formula is C14H8BrF2IN2OS. The summed E-state index contributed by atoms with van der Waals surface area (Å²) in [5, 5.41) is 0.779. The predicted octanol–water partition coefficient (Wildman–Crippen LogP) is 5.60. The average Bonchev–Trinajstić information content (AvgIpc) is 2.84. The third-order valence-corrected chi connectivity index (χ3v) is 5.29. The fourth-order valence-corrected chi connectivity index (χ4v) is 3.88. The third-order valence-electron chi connectivity index (χ3n) is 3.16. The molecule has 0 aliphatic heterocycles. The van der Waals surface area contributed by atoms with Gasteiger partial charge in [-0.05, 0) is 28.1 Å². The highest BCUT2D eigenvalue weighted by Crippen LogP contribution is 2.40.